The highest BCUT2D eigenvalue weighted by atomic mass is 32.2. The predicted octanol–water partition coefficient (Wildman–Crippen LogP) is 3.72. The van der Waals surface area contributed by atoms with Crippen LogP contribution in [0.5, 0.6) is 0 Å². The van der Waals surface area contributed by atoms with Gasteiger partial charge >= 0.3 is 0 Å². The zero-order valence-electron chi connectivity index (χ0n) is 8.34. The standard InChI is InChI=1S/C11H12OS3/c1-13-9-4-2-8(3-5-9)11-14-7-10(6-12)15-11/h2-5,7,11-12H,6H2,1H3. The topological polar surface area (TPSA) is 20.2 Å². The molecule has 1 unspecified atom stereocenters. The van der Waals surface area contributed by atoms with Gasteiger partial charge in [0, 0.05) is 9.80 Å². The van der Waals surface area contributed by atoms with Crippen molar-refractivity contribution in [3.05, 3.63) is 40.1 Å². The molecular formula is C11H12OS3. The summed E-state index contributed by atoms with van der Waals surface area (Å²) in [5, 5.41) is 11.1. The van der Waals surface area contributed by atoms with E-state index in [0.29, 0.717) is 4.58 Å². The van der Waals surface area contributed by atoms with Gasteiger partial charge in [-0.15, -0.1) is 35.3 Å². The molecule has 15 heavy (non-hydrogen) atoms. The quantitative estimate of drug-likeness (QED) is 0.831. The lowest BCUT2D eigenvalue weighted by Crippen LogP contribution is -1.86. The lowest BCUT2D eigenvalue weighted by molar-refractivity contribution is 0.340. The van der Waals surface area contributed by atoms with Gasteiger partial charge in [-0.1, -0.05) is 12.1 Å². The van der Waals surface area contributed by atoms with Crippen LogP contribution < -0.4 is 0 Å². The van der Waals surface area contributed by atoms with Crippen LogP contribution in [0, 0.1) is 0 Å². The number of thioether (sulfide) groups is 3. The number of aliphatic hydroxyl groups is 1. The van der Waals surface area contributed by atoms with Gasteiger partial charge in [0.05, 0.1) is 11.2 Å². The average molecular weight is 256 g/mol. The first-order valence-corrected chi connectivity index (χ1v) is 7.64. The average Bonchev–Trinajstić information content (AvgIpc) is 2.78. The Morgan fingerprint density at radius 3 is 2.60 bits per heavy atom. The normalized spacial score (nSPS) is 20.4. The summed E-state index contributed by atoms with van der Waals surface area (Å²) in [4.78, 5) is 2.36. The van der Waals surface area contributed by atoms with E-state index in [1.54, 1.807) is 35.3 Å². The second-order valence-electron chi connectivity index (χ2n) is 3.10. The highest BCUT2D eigenvalue weighted by Gasteiger charge is 2.19. The summed E-state index contributed by atoms with van der Waals surface area (Å²) >= 11 is 5.28. The molecule has 1 aromatic rings. The third-order valence-corrected chi connectivity index (χ3v) is 5.62. The van der Waals surface area contributed by atoms with Crippen LogP contribution in [0.25, 0.3) is 0 Å². The lowest BCUT2D eigenvalue weighted by Gasteiger charge is -2.09. The van der Waals surface area contributed by atoms with Crippen LogP contribution in [-0.2, 0) is 0 Å². The molecule has 1 aliphatic heterocycles. The third kappa shape index (κ3) is 2.75. The molecule has 1 nitrogen and oxygen atoms in total. The maximum atomic E-state index is 9.01. The number of rotatable bonds is 3. The Labute approximate surface area is 103 Å². The fourth-order valence-electron chi connectivity index (χ4n) is 1.31. The molecule has 80 valence electrons. The number of aliphatic hydroxyl groups excluding tert-OH is 1. The van der Waals surface area contributed by atoms with Crippen molar-refractivity contribution in [1.82, 2.24) is 0 Å². The first-order valence-electron chi connectivity index (χ1n) is 4.59. The fraction of sp³-hybridized carbons (Fsp3) is 0.273. The van der Waals surface area contributed by atoms with E-state index in [0.717, 1.165) is 4.91 Å². The highest BCUT2D eigenvalue weighted by Crippen LogP contribution is 2.50. The maximum absolute atomic E-state index is 9.01. The Morgan fingerprint density at radius 1 is 1.33 bits per heavy atom. The molecule has 0 amide bonds. The molecule has 1 atom stereocenters. The molecule has 1 aliphatic rings. The molecule has 4 heteroatoms. The maximum Gasteiger partial charge on any atom is 0.0837 e. The first kappa shape index (κ1) is 11.5. The van der Waals surface area contributed by atoms with E-state index in [1.165, 1.54) is 10.5 Å². The van der Waals surface area contributed by atoms with Crippen molar-refractivity contribution in [2.24, 2.45) is 0 Å². The van der Waals surface area contributed by atoms with E-state index >= 15 is 0 Å². The van der Waals surface area contributed by atoms with Crippen LogP contribution in [0.15, 0.2) is 39.5 Å². The summed E-state index contributed by atoms with van der Waals surface area (Å²) in [7, 11) is 0. The molecule has 0 fully saturated rings. The van der Waals surface area contributed by atoms with Gasteiger partial charge in [-0.2, -0.15) is 0 Å². The largest absolute Gasteiger partial charge is 0.391 e. The van der Waals surface area contributed by atoms with E-state index in [2.05, 4.69) is 35.9 Å². The fourth-order valence-corrected chi connectivity index (χ4v) is 4.18. The lowest BCUT2D eigenvalue weighted by atomic mass is 10.2. The van der Waals surface area contributed by atoms with Crippen molar-refractivity contribution in [3.63, 3.8) is 0 Å². The Balaban J connectivity index is 2.05. The molecule has 0 saturated heterocycles. The molecule has 1 N–H and O–H groups in total. The van der Waals surface area contributed by atoms with Gasteiger partial charge in [0.25, 0.3) is 0 Å². The van der Waals surface area contributed by atoms with Crippen LogP contribution in [0.3, 0.4) is 0 Å². The predicted molar refractivity (Wildman–Crippen MR) is 71.3 cm³/mol. The van der Waals surface area contributed by atoms with Gasteiger partial charge < -0.3 is 5.11 Å². The second kappa shape index (κ2) is 5.34. The minimum atomic E-state index is 0.164. The van der Waals surface area contributed by atoms with E-state index in [4.69, 9.17) is 5.11 Å². The van der Waals surface area contributed by atoms with Gasteiger partial charge in [-0.25, -0.2) is 0 Å². The van der Waals surface area contributed by atoms with Gasteiger partial charge in [0.2, 0.25) is 0 Å². The number of hydrogen-bond acceptors (Lipinski definition) is 4. The highest BCUT2D eigenvalue weighted by molar-refractivity contribution is 8.22. The van der Waals surface area contributed by atoms with Crippen LogP contribution in [0.1, 0.15) is 10.1 Å². The van der Waals surface area contributed by atoms with Crippen molar-refractivity contribution in [2.75, 3.05) is 12.9 Å². The van der Waals surface area contributed by atoms with Crippen LogP contribution in [0.2, 0.25) is 0 Å². The molecule has 0 spiro atoms. The molecule has 0 radical (unpaired) electrons. The molecule has 0 bridgehead atoms. The zero-order valence-corrected chi connectivity index (χ0v) is 10.8. The van der Waals surface area contributed by atoms with Crippen molar-refractivity contribution in [1.29, 1.82) is 0 Å². The molecule has 0 aliphatic carbocycles. The van der Waals surface area contributed by atoms with Crippen LogP contribution >= 0.6 is 35.3 Å². The minimum absolute atomic E-state index is 0.164. The van der Waals surface area contributed by atoms with E-state index in [-0.39, 0.29) is 6.61 Å². The smallest absolute Gasteiger partial charge is 0.0837 e. The third-order valence-electron chi connectivity index (χ3n) is 2.13. The summed E-state index contributed by atoms with van der Waals surface area (Å²) in [6.07, 6.45) is 2.08. The van der Waals surface area contributed by atoms with Crippen molar-refractivity contribution in [2.45, 2.75) is 9.48 Å². The Bertz CT molecular complexity index is 359. The number of benzene rings is 1. The van der Waals surface area contributed by atoms with Crippen molar-refractivity contribution < 1.29 is 5.11 Å². The molecule has 0 aromatic heterocycles. The Hall–Kier alpha value is -0.0300. The summed E-state index contributed by atoms with van der Waals surface area (Å²) in [5.74, 6) is 0. The molecule has 0 saturated carbocycles. The molecule has 2 rings (SSSR count). The summed E-state index contributed by atoms with van der Waals surface area (Å²) in [6.45, 7) is 0.164. The molecule has 1 aromatic carbocycles. The van der Waals surface area contributed by atoms with E-state index < -0.39 is 0 Å². The van der Waals surface area contributed by atoms with Crippen LogP contribution in [-0.4, -0.2) is 18.0 Å². The number of hydrogen-bond donors (Lipinski definition) is 1. The molecule has 1 heterocycles. The van der Waals surface area contributed by atoms with Crippen molar-refractivity contribution in [3.8, 4) is 0 Å². The Morgan fingerprint density at radius 2 is 2.07 bits per heavy atom. The van der Waals surface area contributed by atoms with Crippen molar-refractivity contribution >= 4 is 35.3 Å². The van der Waals surface area contributed by atoms with Gasteiger partial charge in [-0.3, -0.25) is 0 Å². The second-order valence-corrected chi connectivity index (χ2v) is 6.49. The molecular weight excluding hydrogens is 244 g/mol. The first-order chi connectivity index (χ1) is 7.33. The van der Waals surface area contributed by atoms with Gasteiger partial charge in [0.1, 0.15) is 0 Å². The Kier molecular flexibility index (Phi) is 4.08. The summed E-state index contributed by atoms with van der Waals surface area (Å²) in [5.41, 5.74) is 1.32. The van der Waals surface area contributed by atoms with E-state index in [9.17, 15) is 0 Å². The summed E-state index contributed by atoms with van der Waals surface area (Å²) in [6, 6.07) is 8.64. The monoisotopic (exact) mass is 256 g/mol. The summed E-state index contributed by atoms with van der Waals surface area (Å²) < 4.78 is 0.419. The van der Waals surface area contributed by atoms with Gasteiger partial charge in [0.15, 0.2) is 0 Å². The van der Waals surface area contributed by atoms with Crippen LogP contribution in [0.4, 0.5) is 0 Å². The van der Waals surface area contributed by atoms with Gasteiger partial charge in [-0.05, 0) is 29.4 Å². The minimum Gasteiger partial charge on any atom is -0.391 e. The SMILES string of the molecule is CSc1ccc(C2SC=C(CO)S2)cc1. The zero-order chi connectivity index (χ0) is 10.7. The van der Waals surface area contributed by atoms with E-state index in [1.807, 2.05) is 0 Å².